The second-order valence-electron chi connectivity index (χ2n) is 6.32. The molecule has 7 nitrogen and oxygen atoms in total. The second-order valence-corrected chi connectivity index (χ2v) is 8.63. The minimum Gasteiger partial charge on any atom is -0.314 e. The van der Waals surface area contributed by atoms with Crippen molar-refractivity contribution in [3.63, 3.8) is 0 Å². The van der Waals surface area contributed by atoms with Gasteiger partial charge in [-0.25, -0.2) is 8.42 Å². The number of nitrogens with zero attached hydrogens (tertiary/aromatic N) is 2. The van der Waals surface area contributed by atoms with Gasteiger partial charge in [-0.1, -0.05) is 11.6 Å². The number of nitrogens with one attached hydrogen (secondary N) is 1. The van der Waals surface area contributed by atoms with Gasteiger partial charge in [0.2, 0.25) is 10.0 Å². The van der Waals surface area contributed by atoms with E-state index in [1.165, 1.54) is 22.9 Å². The van der Waals surface area contributed by atoms with Gasteiger partial charge in [-0.15, -0.1) is 0 Å². The highest BCUT2D eigenvalue weighted by atomic mass is 35.5. The van der Waals surface area contributed by atoms with Gasteiger partial charge in [-0.2, -0.15) is 4.31 Å². The predicted octanol–water partition coefficient (Wildman–Crippen LogP) is 2.40. The number of nitro benzene ring substituents is 1. The van der Waals surface area contributed by atoms with E-state index in [0.29, 0.717) is 25.0 Å². The molecule has 1 N–H and O–H groups in total. The molecule has 2 fully saturated rings. The van der Waals surface area contributed by atoms with Gasteiger partial charge in [0.25, 0.3) is 5.69 Å². The van der Waals surface area contributed by atoms with E-state index in [4.69, 9.17) is 11.6 Å². The van der Waals surface area contributed by atoms with E-state index in [0.717, 1.165) is 31.9 Å². The maximum atomic E-state index is 12.8. The summed E-state index contributed by atoms with van der Waals surface area (Å²) in [6.45, 7) is 1.96. The van der Waals surface area contributed by atoms with E-state index in [1.54, 1.807) is 0 Å². The number of hydrogen-bond donors (Lipinski definition) is 1. The van der Waals surface area contributed by atoms with Crippen LogP contribution in [0.2, 0.25) is 5.02 Å². The van der Waals surface area contributed by atoms with Gasteiger partial charge in [-0.3, -0.25) is 10.1 Å². The number of piperidine rings is 1. The Kier molecular flexibility index (Phi) is 5.10. The first-order valence-electron chi connectivity index (χ1n) is 8.07. The lowest BCUT2D eigenvalue weighted by molar-refractivity contribution is -0.384. The van der Waals surface area contributed by atoms with Crippen molar-refractivity contribution in [3.8, 4) is 0 Å². The molecule has 2 aliphatic heterocycles. The van der Waals surface area contributed by atoms with Gasteiger partial charge < -0.3 is 5.32 Å². The Balaban J connectivity index is 1.73. The topological polar surface area (TPSA) is 92.5 Å². The molecule has 0 aromatic heterocycles. The molecule has 9 heteroatoms. The molecule has 1 unspecified atom stereocenters. The molecule has 1 aromatic carbocycles. The molecule has 2 aliphatic rings. The standard InChI is InChI=1S/C15H20ClN3O4S/c16-13-10-12(19(20)21)3-4-15(13)24(22,23)18-8-5-11(6-9-18)14-2-1-7-17-14/h3-4,10-11,14,17H,1-2,5-9H2. The number of sulfonamides is 1. The lowest BCUT2D eigenvalue weighted by atomic mass is 9.89. The lowest BCUT2D eigenvalue weighted by Gasteiger charge is -2.34. The summed E-state index contributed by atoms with van der Waals surface area (Å²) < 4.78 is 27.0. The van der Waals surface area contributed by atoms with Crippen LogP contribution in [0, 0.1) is 16.0 Å². The van der Waals surface area contributed by atoms with E-state index in [1.807, 2.05) is 0 Å². The molecule has 1 atom stereocenters. The average molecular weight is 374 g/mol. The second kappa shape index (κ2) is 6.95. The minimum atomic E-state index is -3.72. The Morgan fingerprint density at radius 1 is 1.25 bits per heavy atom. The Hall–Kier alpha value is -1.22. The van der Waals surface area contributed by atoms with Crippen molar-refractivity contribution in [1.29, 1.82) is 0 Å². The summed E-state index contributed by atoms with van der Waals surface area (Å²) >= 11 is 5.99. The SMILES string of the molecule is O=[N+]([O-])c1ccc(S(=O)(=O)N2CCC(C3CCCN3)CC2)c(Cl)c1. The van der Waals surface area contributed by atoms with Crippen molar-refractivity contribution in [1.82, 2.24) is 9.62 Å². The highest BCUT2D eigenvalue weighted by Gasteiger charge is 2.34. The Bertz CT molecular complexity index is 726. The zero-order valence-electron chi connectivity index (χ0n) is 13.2. The zero-order chi connectivity index (χ0) is 17.3. The van der Waals surface area contributed by atoms with Gasteiger partial charge in [-0.05, 0) is 44.2 Å². The molecule has 132 valence electrons. The van der Waals surface area contributed by atoms with Crippen molar-refractivity contribution in [2.45, 2.75) is 36.6 Å². The summed E-state index contributed by atoms with van der Waals surface area (Å²) in [5, 5.41) is 14.1. The Morgan fingerprint density at radius 2 is 1.96 bits per heavy atom. The molecule has 0 saturated carbocycles. The maximum absolute atomic E-state index is 12.8. The summed E-state index contributed by atoms with van der Waals surface area (Å²) in [6, 6.07) is 3.98. The quantitative estimate of drug-likeness (QED) is 0.646. The third-order valence-corrected chi connectivity index (χ3v) is 7.29. The minimum absolute atomic E-state index is 0.0628. The number of hydrogen-bond acceptors (Lipinski definition) is 5. The van der Waals surface area contributed by atoms with E-state index in [2.05, 4.69) is 5.32 Å². The van der Waals surface area contributed by atoms with Crippen molar-refractivity contribution in [3.05, 3.63) is 33.3 Å². The van der Waals surface area contributed by atoms with Crippen LogP contribution >= 0.6 is 11.6 Å². The number of halogens is 1. The first kappa shape index (κ1) is 17.6. The lowest BCUT2D eigenvalue weighted by Crippen LogP contribution is -2.43. The van der Waals surface area contributed by atoms with E-state index in [9.17, 15) is 18.5 Å². The van der Waals surface area contributed by atoms with E-state index in [-0.39, 0.29) is 15.6 Å². The van der Waals surface area contributed by atoms with Crippen LogP contribution in [0.15, 0.2) is 23.1 Å². The fraction of sp³-hybridized carbons (Fsp3) is 0.600. The van der Waals surface area contributed by atoms with Crippen LogP contribution in [0.3, 0.4) is 0 Å². The highest BCUT2D eigenvalue weighted by Crippen LogP contribution is 2.32. The van der Waals surface area contributed by atoms with Crippen molar-refractivity contribution >= 4 is 27.3 Å². The van der Waals surface area contributed by atoms with Crippen LogP contribution in [0.1, 0.15) is 25.7 Å². The fourth-order valence-electron chi connectivity index (χ4n) is 3.58. The van der Waals surface area contributed by atoms with Crippen LogP contribution in [0.4, 0.5) is 5.69 Å². The third-order valence-electron chi connectivity index (χ3n) is 4.91. The van der Waals surface area contributed by atoms with Crippen molar-refractivity contribution in [2.75, 3.05) is 19.6 Å². The average Bonchev–Trinajstić information content (AvgIpc) is 3.09. The van der Waals surface area contributed by atoms with Gasteiger partial charge in [0, 0.05) is 31.3 Å². The van der Waals surface area contributed by atoms with Gasteiger partial charge in [0.1, 0.15) is 4.90 Å². The van der Waals surface area contributed by atoms with Crippen LogP contribution in [0.25, 0.3) is 0 Å². The fourth-order valence-corrected chi connectivity index (χ4v) is 5.57. The summed E-state index contributed by atoms with van der Waals surface area (Å²) in [5.74, 6) is 0.506. The molecular formula is C15H20ClN3O4S. The molecule has 1 aromatic rings. The summed E-state index contributed by atoms with van der Waals surface area (Å²) in [4.78, 5) is 10.1. The van der Waals surface area contributed by atoms with Gasteiger partial charge >= 0.3 is 0 Å². The zero-order valence-corrected chi connectivity index (χ0v) is 14.7. The highest BCUT2D eigenvalue weighted by molar-refractivity contribution is 7.89. The van der Waals surface area contributed by atoms with Crippen LogP contribution in [0.5, 0.6) is 0 Å². The van der Waals surface area contributed by atoms with E-state index >= 15 is 0 Å². The molecular weight excluding hydrogens is 354 g/mol. The molecule has 0 spiro atoms. The number of non-ortho nitro benzene ring substituents is 1. The molecule has 0 radical (unpaired) electrons. The first-order chi connectivity index (χ1) is 11.4. The molecule has 24 heavy (non-hydrogen) atoms. The molecule has 0 amide bonds. The molecule has 2 saturated heterocycles. The van der Waals surface area contributed by atoms with Crippen LogP contribution < -0.4 is 5.32 Å². The van der Waals surface area contributed by atoms with Crippen LogP contribution in [-0.4, -0.2) is 43.3 Å². The molecule has 0 bridgehead atoms. The molecule has 2 heterocycles. The van der Waals surface area contributed by atoms with Gasteiger partial charge in [0.15, 0.2) is 0 Å². The normalized spacial score (nSPS) is 23.5. The maximum Gasteiger partial charge on any atom is 0.271 e. The van der Waals surface area contributed by atoms with Crippen molar-refractivity contribution in [2.24, 2.45) is 5.92 Å². The molecule has 0 aliphatic carbocycles. The monoisotopic (exact) mass is 373 g/mol. The summed E-state index contributed by atoms with van der Waals surface area (Å²) in [6.07, 6.45) is 3.98. The number of nitro groups is 1. The predicted molar refractivity (Wildman–Crippen MR) is 90.6 cm³/mol. The number of benzene rings is 1. The number of rotatable bonds is 4. The van der Waals surface area contributed by atoms with Crippen LogP contribution in [-0.2, 0) is 10.0 Å². The Morgan fingerprint density at radius 3 is 2.50 bits per heavy atom. The third kappa shape index (κ3) is 3.42. The summed E-state index contributed by atoms with van der Waals surface area (Å²) in [5.41, 5.74) is -0.218. The van der Waals surface area contributed by atoms with E-state index < -0.39 is 14.9 Å². The first-order valence-corrected chi connectivity index (χ1v) is 9.89. The van der Waals surface area contributed by atoms with Gasteiger partial charge in [0.05, 0.1) is 9.95 Å². The molecule has 3 rings (SSSR count). The Labute approximate surface area is 146 Å². The smallest absolute Gasteiger partial charge is 0.271 e. The largest absolute Gasteiger partial charge is 0.314 e. The van der Waals surface area contributed by atoms with Crippen molar-refractivity contribution < 1.29 is 13.3 Å². The summed E-state index contributed by atoms with van der Waals surface area (Å²) in [7, 11) is -3.72.